The Bertz CT molecular complexity index is 968. The summed E-state index contributed by atoms with van der Waals surface area (Å²) in [5.74, 6) is 1.47. The molecule has 0 bridgehead atoms. The molecule has 0 aliphatic carbocycles. The highest BCUT2D eigenvalue weighted by molar-refractivity contribution is 6.07. The quantitative estimate of drug-likeness (QED) is 0.653. The number of hydrogen-bond acceptors (Lipinski definition) is 6. The van der Waals surface area contributed by atoms with E-state index >= 15 is 0 Å². The van der Waals surface area contributed by atoms with Crippen LogP contribution in [-0.4, -0.2) is 40.5 Å². The molecule has 4 rings (SSSR count). The Balaban J connectivity index is 1.33. The number of nitrogens with zero attached hydrogens (tertiary/aromatic N) is 4. The van der Waals surface area contributed by atoms with Gasteiger partial charge >= 0.3 is 0 Å². The van der Waals surface area contributed by atoms with Crippen molar-refractivity contribution in [1.82, 2.24) is 15.0 Å². The lowest BCUT2D eigenvalue weighted by Gasteiger charge is -2.33. The summed E-state index contributed by atoms with van der Waals surface area (Å²) in [6.07, 6.45) is 9.30. The number of rotatable bonds is 6. The molecule has 1 saturated heterocycles. The van der Waals surface area contributed by atoms with Crippen LogP contribution in [-0.2, 0) is 0 Å². The number of piperidine rings is 1. The van der Waals surface area contributed by atoms with E-state index in [0.29, 0.717) is 23.1 Å². The summed E-state index contributed by atoms with van der Waals surface area (Å²) in [4.78, 5) is 27.9. The van der Waals surface area contributed by atoms with Gasteiger partial charge in [-0.25, -0.2) is 9.97 Å². The van der Waals surface area contributed by atoms with Crippen LogP contribution in [0, 0.1) is 12.8 Å². The molecule has 3 aromatic rings. The molecule has 3 aromatic heterocycles. The summed E-state index contributed by atoms with van der Waals surface area (Å²) in [7, 11) is 0. The molecule has 0 saturated carbocycles. The third kappa shape index (κ3) is 4.92. The SMILES string of the molecule is Cc1ccc(NC(=O)c2cccnc2NCC2CCN(c3ccncc3)CC2)nc1. The molecule has 7 nitrogen and oxygen atoms in total. The predicted octanol–water partition coefficient (Wildman–Crippen LogP) is 3.76. The van der Waals surface area contributed by atoms with E-state index in [1.807, 2.05) is 25.4 Å². The maximum atomic E-state index is 12.7. The molecule has 0 atom stereocenters. The molecule has 1 amide bonds. The molecule has 0 unspecified atom stereocenters. The molecule has 4 heterocycles. The highest BCUT2D eigenvalue weighted by Crippen LogP contribution is 2.23. The van der Waals surface area contributed by atoms with Crippen molar-refractivity contribution in [3.05, 3.63) is 72.3 Å². The fourth-order valence-corrected chi connectivity index (χ4v) is 3.65. The van der Waals surface area contributed by atoms with Gasteiger partial charge in [-0.15, -0.1) is 0 Å². The van der Waals surface area contributed by atoms with E-state index in [1.165, 1.54) is 5.69 Å². The van der Waals surface area contributed by atoms with Crippen LogP contribution >= 0.6 is 0 Å². The van der Waals surface area contributed by atoms with E-state index < -0.39 is 0 Å². The number of nitrogens with one attached hydrogen (secondary N) is 2. The number of aromatic nitrogens is 3. The van der Waals surface area contributed by atoms with Crippen LogP contribution in [0.4, 0.5) is 17.3 Å². The van der Waals surface area contributed by atoms with Crippen molar-refractivity contribution in [2.75, 3.05) is 35.2 Å². The summed E-state index contributed by atoms with van der Waals surface area (Å²) in [6, 6.07) is 11.4. The van der Waals surface area contributed by atoms with Crippen molar-refractivity contribution in [2.45, 2.75) is 19.8 Å². The van der Waals surface area contributed by atoms with E-state index in [1.54, 1.807) is 30.6 Å². The van der Waals surface area contributed by atoms with Crippen LogP contribution in [0.2, 0.25) is 0 Å². The second-order valence-corrected chi connectivity index (χ2v) is 7.59. The molecule has 1 aliphatic heterocycles. The van der Waals surface area contributed by atoms with Crippen LogP contribution in [0.5, 0.6) is 0 Å². The van der Waals surface area contributed by atoms with Gasteiger partial charge in [-0.3, -0.25) is 9.78 Å². The van der Waals surface area contributed by atoms with Gasteiger partial charge in [0.25, 0.3) is 5.91 Å². The molecule has 0 radical (unpaired) electrons. The first-order chi connectivity index (χ1) is 14.7. The van der Waals surface area contributed by atoms with Crippen molar-refractivity contribution in [2.24, 2.45) is 5.92 Å². The standard InChI is InChI=1S/C23H26N6O/c1-17-4-5-21(26-15-17)28-23(30)20-3-2-10-25-22(20)27-16-18-8-13-29(14-9-18)19-6-11-24-12-7-19/h2-7,10-12,15,18H,8-9,13-14,16H2,1H3,(H,25,27)(H,26,28,30). The molecule has 0 aromatic carbocycles. The molecule has 1 aliphatic rings. The van der Waals surface area contributed by atoms with Gasteiger partial charge in [-0.05, 0) is 61.6 Å². The minimum Gasteiger partial charge on any atom is -0.371 e. The molecule has 2 N–H and O–H groups in total. The third-order valence-corrected chi connectivity index (χ3v) is 5.41. The van der Waals surface area contributed by atoms with Gasteiger partial charge in [0, 0.05) is 50.1 Å². The summed E-state index contributed by atoms with van der Waals surface area (Å²) < 4.78 is 0. The van der Waals surface area contributed by atoms with Gasteiger partial charge in [-0.2, -0.15) is 0 Å². The minimum atomic E-state index is -0.213. The van der Waals surface area contributed by atoms with Gasteiger partial charge in [0.1, 0.15) is 11.6 Å². The first-order valence-corrected chi connectivity index (χ1v) is 10.3. The molecule has 1 fully saturated rings. The van der Waals surface area contributed by atoms with Gasteiger partial charge in [0.15, 0.2) is 0 Å². The zero-order chi connectivity index (χ0) is 20.8. The summed E-state index contributed by atoms with van der Waals surface area (Å²) >= 11 is 0. The predicted molar refractivity (Wildman–Crippen MR) is 119 cm³/mol. The minimum absolute atomic E-state index is 0.213. The smallest absolute Gasteiger partial charge is 0.260 e. The fraction of sp³-hybridized carbons (Fsp3) is 0.304. The Morgan fingerprint density at radius 1 is 1.07 bits per heavy atom. The number of pyridine rings is 3. The maximum absolute atomic E-state index is 12.7. The molecule has 7 heteroatoms. The second-order valence-electron chi connectivity index (χ2n) is 7.59. The monoisotopic (exact) mass is 402 g/mol. The Hall–Kier alpha value is -3.48. The Morgan fingerprint density at radius 2 is 1.87 bits per heavy atom. The van der Waals surface area contributed by atoms with Crippen molar-refractivity contribution in [1.29, 1.82) is 0 Å². The van der Waals surface area contributed by atoms with Gasteiger partial charge in [0.2, 0.25) is 0 Å². The lowest BCUT2D eigenvalue weighted by molar-refractivity contribution is 0.102. The first kappa shape index (κ1) is 19.8. The lowest BCUT2D eigenvalue weighted by atomic mass is 9.96. The number of amides is 1. The van der Waals surface area contributed by atoms with Crippen LogP contribution in [0.3, 0.4) is 0 Å². The second kappa shape index (κ2) is 9.35. The number of hydrogen-bond donors (Lipinski definition) is 2. The van der Waals surface area contributed by atoms with E-state index in [9.17, 15) is 4.79 Å². The first-order valence-electron chi connectivity index (χ1n) is 10.3. The highest BCUT2D eigenvalue weighted by Gasteiger charge is 2.20. The Morgan fingerprint density at radius 3 is 2.60 bits per heavy atom. The summed E-state index contributed by atoms with van der Waals surface area (Å²) in [5, 5.41) is 6.24. The van der Waals surface area contributed by atoms with E-state index in [4.69, 9.17) is 0 Å². The topological polar surface area (TPSA) is 83.0 Å². The van der Waals surface area contributed by atoms with Crippen molar-refractivity contribution in [3.8, 4) is 0 Å². The van der Waals surface area contributed by atoms with E-state index in [-0.39, 0.29) is 5.91 Å². The lowest BCUT2D eigenvalue weighted by Crippen LogP contribution is -2.36. The zero-order valence-corrected chi connectivity index (χ0v) is 17.1. The number of carbonyl (C=O) groups is 1. The molecular weight excluding hydrogens is 376 g/mol. The Kier molecular flexibility index (Phi) is 6.17. The fourth-order valence-electron chi connectivity index (χ4n) is 3.65. The number of anilines is 3. The molecule has 30 heavy (non-hydrogen) atoms. The molecule has 154 valence electrons. The van der Waals surface area contributed by atoms with Crippen molar-refractivity contribution < 1.29 is 4.79 Å². The van der Waals surface area contributed by atoms with Gasteiger partial charge < -0.3 is 15.5 Å². The normalized spacial score (nSPS) is 14.4. The Labute approximate surface area is 176 Å². The maximum Gasteiger partial charge on any atom is 0.260 e. The van der Waals surface area contributed by atoms with E-state index in [0.717, 1.165) is 38.0 Å². The number of aryl methyl sites for hydroxylation is 1. The van der Waals surface area contributed by atoms with Crippen molar-refractivity contribution >= 4 is 23.2 Å². The summed E-state index contributed by atoms with van der Waals surface area (Å²) in [5.41, 5.74) is 2.80. The molecular formula is C23H26N6O. The van der Waals surface area contributed by atoms with Gasteiger partial charge in [0.05, 0.1) is 5.56 Å². The average molecular weight is 403 g/mol. The van der Waals surface area contributed by atoms with Crippen LogP contribution in [0.15, 0.2) is 61.2 Å². The number of carbonyl (C=O) groups excluding carboxylic acids is 1. The highest BCUT2D eigenvalue weighted by atomic mass is 16.1. The van der Waals surface area contributed by atoms with E-state index in [2.05, 4.69) is 42.6 Å². The van der Waals surface area contributed by atoms with Crippen molar-refractivity contribution in [3.63, 3.8) is 0 Å². The largest absolute Gasteiger partial charge is 0.371 e. The average Bonchev–Trinajstić information content (AvgIpc) is 2.80. The van der Waals surface area contributed by atoms with Crippen LogP contribution in [0.1, 0.15) is 28.8 Å². The van der Waals surface area contributed by atoms with Crippen LogP contribution < -0.4 is 15.5 Å². The van der Waals surface area contributed by atoms with Gasteiger partial charge in [-0.1, -0.05) is 6.07 Å². The van der Waals surface area contributed by atoms with Crippen LogP contribution in [0.25, 0.3) is 0 Å². The summed E-state index contributed by atoms with van der Waals surface area (Å²) in [6.45, 7) is 4.80. The molecule has 0 spiro atoms. The third-order valence-electron chi connectivity index (χ3n) is 5.41. The zero-order valence-electron chi connectivity index (χ0n) is 17.1.